The van der Waals surface area contributed by atoms with E-state index in [0.29, 0.717) is 23.5 Å². The third-order valence-corrected chi connectivity index (χ3v) is 2.87. The van der Waals surface area contributed by atoms with Crippen molar-refractivity contribution in [2.24, 2.45) is 0 Å². The molecule has 0 heterocycles. The molecule has 2 nitrogen and oxygen atoms in total. The fourth-order valence-corrected chi connectivity index (χ4v) is 1.87. The molecule has 19 heavy (non-hydrogen) atoms. The Morgan fingerprint density at radius 3 is 2.32 bits per heavy atom. The second kappa shape index (κ2) is 5.69. The van der Waals surface area contributed by atoms with Crippen molar-refractivity contribution in [3.63, 3.8) is 0 Å². The Morgan fingerprint density at radius 1 is 0.895 bits per heavy atom. The Labute approximate surface area is 110 Å². The number of hydrogen-bond acceptors (Lipinski definition) is 2. The second-order valence-electron chi connectivity index (χ2n) is 4.10. The molecule has 0 aliphatic carbocycles. The standard InChI is InChI=1S/C15H14F2O2/c1-18-12-5-4-11(15(9-12)19-2)7-10-3-6-13(16)14(17)8-10/h3-6,8-9H,7H2,1-2H3. The molecule has 2 aromatic rings. The molecule has 100 valence electrons. The van der Waals surface area contributed by atoms with E-state index < -0.39 is 11.6 Å². The number of halogens is 2. The summed E-state index contributed by atoms with van der Waals surface area (Å²) in [6.07, 6.45) is 0.463. The van der Waals surface area contributed by atoms with Gasteiger partial charge in [-0.3, -0.25) is 0 Å². The van der Waals surface area contributed by atoms with Crippen molar-refractivity contribution in [3.8, 4) is 11.5 Å². The normalized spacial score (nSPS) is 10.3. The molecule has 0 amide bonds. The first-order chi connectivity index (χ1) is 9.13. The monoisotopic (exact) mass is 264 g/mol. The van der Waals surface area contributed by atoms with E-state index >= 15 is 0 Å². The highest BCUT2D eigenvalue weighted by Crippen LogP contribution is 2.27. The van der Waals surface area contributed by atoms with Gasteiger partial charge in [0.2, 0.25) is 0 Å². The molecule has 0 bridgehead atoms. The molecule has 2 rings (SSSR count). The van der Waals surface area contributed by atoms with Crippen LogP contribution in [-0.4, -0.2) is 14.2 Å². The zero-order chi connectivity index (χ0) is 13.8. The third-order valence-electron chi connectivity index (χ3n) is 2.87. The van der Waals surface area contributed by atoms with Crippen LogP contribution in [0.4, 0.5) is 8.78 Å². The summed E-state index contributed by atoms with van der Waals surface area (Å²) in [5, 5.41) is 0. The summed E-state index contributed by atoms with van der Waals surface area (Å²) in [5.74, 6) is -0.342. The van der Waals surface area contributed by atoms with Gasteiger partial charge < -0.3 is 9.47 Å². The minimum atomic E-state index is -0.843. The third kappa shape index (κ3) is 3.02. The van der Waals surface area contributed by atoms with Gasteiger partial charge in [-0.1, -0.05) is 12.1 Å². The van der Waals surface area contributed by atoms with E-state index in [1.807, 2.05) is 6.07 Å². The lowest BCUT2D eigenvalue weighted by molar-refractivity contribution is 0.391. The van der Waals surface area contributed by atoms with Gasteiger partial charge in [-0.05, 0) is 29.3 Å². The Kier molecular flexibility index (Phi) is 4.00. The van der Waals surface area contributed by atoms with Crippen molar-refractivity contribution >= 4 is 0 Å². The Morgan fingerprint density at radius 2 is 1.68 bits per heavy atom. The van der Waals surface area contributed by atoms with Gasteiger partial charge in [-0.25, -0.2) is 8.78 Å². The van der Waals surface area contributed by atoms with Crippen molar-refractivity contribution in [3.05, 3.63) is 59.2 Å². The Hall–Kier alpha value is -2.10. The van der Waals surface area contributed by atoms with Crippen LogP contribution in [0.5, 0.6) is 11.5 Å². The number of ether oxygens (including phenoxy) is 2. The van der Waals surface area contributed by atoms with Crippen molar-refractivity contribution < 1.29 is 18.3 Å². The van der Waals surface area contributed by atoms with Crippen LogP contribution < -0.4 is 9.47 Å². The van der Waals surface area contributed by atoms with Crippen molar-refractivity contribution in [2.75, 3.05) is 14.2 Å². The maximum absolute atomic E-state index is 13.2. The summed E-state index contributed by atoms with van der Waals surface area (Å²) in [4.78, 5) is 0. The largest absolute Gasteiger partial charge is 0.497 e. The van der Waals surface area contributed by atoms with Gasteiger partial charge in [0, 0.05) is 12.5 Å². The van der Waals surface area contributed by atoms with Crippen LogP contribution >= 0.6 is 0 Å². The van der Waals surface area contributed by atoms with Gasteiger partial charge in [-0.15, -0.1) is 0 Å². The molecule has 0 aliphatic heterocycles. The molecular formula is C15H14F2O2. The number of benzene rings is 2. The summed E-state index contributed by atoms with van der Waals surface area (Å²) in [6.45, 7) is 0. The minimum Gasteiger partial charge on any atom is -0.497 e. The predicted octanol–water partition coefficient (Wildman–Crippen LogP) is 3.57. The zero-order valence-electron chi connectivity index (χ0n) is 10.7. The first-order valence-electron chi connectivity index (χ1n) is 5.79. The van der Waals surface area contributed by atoms with E-state index in [1.165, 1.54) is 6.07 Å². The van der Waals surface area contributed by atoms with Gasteiger partial charge >= 0.3 is 0 Å². The Bertz CT molecular complexity index is 582. The fraction of sp³-hybridized carbons (Fsp3) is 0.200. The number of methoxy groups -OCH3 is 2. The summed E-state index contributed by atoms with van der Waals surface area (Å²) >= 11 is 0. The van der Waals surface area contributed by atoms with Gasteiger partial charge in [0.25, 0.3) is 0 Å². The molecule has 0 unspecified atom stereocenters. The average molecular weight is 264 g/mol. The van der Waals surface area contributed by atoms with Crippen LogP contribution in [0.25, 0.3) is 0 Å². The molecule has 0 radical (unpaired) electrons. The first kappa shape index (κ1) is 13.3. The molecule has 0 aromatic heterocycles. The van der Waals surface area contributed by atoms with Crippen LogP contribution in [0.1, 0.15) is 11.1 Å². The molecular weight excluding hydrogens is 250 g/mol. The molecule has 0 atom stereocenters. The highest BCUT2D eigenvalue weighted by Gasteiger charge is 2.08. The van der Waals surface area contributed by atoms with Crippen molar-refractivity contribution in [1.29, 1.82) is 0 Å². The lowest BCUT2D eigenvalue weighted by Gasteiger charge is -2.10. The van der Waals surface area contributed by atoms with Gasteiger partial charge in [-0.2, -0.15) is 0 Å². The maximum Gasteiger partial charge on any atom is 0.159 e. The maximum atomic E-state index is 13.2. The van der Waals surface area contributed by atoms with E-state index in [9.17, 15) is 8.78 Å². The van der Waals surface area contributed by atoms with E-state index in [-0.39, 0.29) is 0 Å². The topological polar surface area (TPSA) is 18.5 Å². The lowest BCUT2D eigenvalue weighted by atomic mass is 10.0. The van der Waals surface area contributed by atoms with Crippen LogP contribution in [0, 0.1) is 11.6 Å². The van der Waals surface area contributed by atoms with Crippen molar-refractivity contribution in [2.45, 2.75) is 6.42 Å². The van der Waals surface area contributed by atoms with Gasteiger partial charge in [0.15, 0.2) is 11.6 Å². The smallest absolute Gasteiger partial charge is 0.159 e. The SMILES string of the molecule is COc1ccc(Cc2ccc(F)c(F)c2)c(OC)c1. The second-order valence-corrected chi connectivity index (χ2v) is 4.10. The predicted molar refractivity (Wildman–Crippen MR) is 68.7 cm³/mol. The van der Waals surface area contributed by atoms with Crippen LogP contribution in [0.15, 0.2) is 36.4 Å². The summed E-state index contributed by atoms with van der Waals surface area (Å²) in [6, 6.07) is 9.29. The number of rotatable bonds is 4. The minimum absolute atomic E-state index is 0.463. The molecule has 0 saturated carbocycles. The summed E-state index contributed by atoms with van der Waals surface area (Å²) in [7, 11) is 3.13. The zero-order valence-corrected chi connectivity index (χ0v) is 10.7. The highest BCUT2D eigenvalue weighted by molar-refractivity contribution is 5.43. The van der Waals surface area contributed by atoms with Crippen molar-refractivity contribution in [1.82, 2.24) is 0 Å². The quantitative estimate of drug-likeness (QED) is 0.840. The molecule has 0 spiro atoms. The van der Waals surface area contributed by atoms with E-state index in [0.717, 1.165) is 11.6 Å². The highest BCUT2D eigenvalue weighted by atomic mass is 19.2. The first-order valence-corrected chi connectivity index (χ1v) is 5.79. The van der Waals surface area contributed by atoms with Crippen LogP contribution in [0.3, 0.4) is 0 Å². The molecule has 0 saturated heterocycles. The fourth-order valence-electron chi connectivity index (χ4n) is 1.87. The van der Waals surface area contributed by atoms with E-state index in [1.54, 1.807) is 32.4 Å². The molecule has 0 fully saturated rings. The number of hydrogen-bond donors (Lipinski definition) is 0. The summed E-state index contributed by atoms with van der Waals surface area (Å²) < 4.78 is 36.4. The van der Waals surface area contributed by atoms with Crippen LogP contribution in [0.2, 0.25) is 0 Å². The van der Waals surface area contributed by atoms with Gasteiger partial charge in [0.05, 0.1) is 14.2 Å². The van der Waals surface area contributed by atoms with E-state index in [4.69, 9.17) is 9.47 Å². The van der Waals surface area contributed by atoms with Gasteiger partial charge in [0.1, 0.15) is 11.5 Å². The molecule has 0 aliphatic rings. The summed E-state index contributed by atoms with van der Waals surface area (Å²) in [5.41, 5.74) is 1.57. The molecule has 2 aromatic carbocycles. The van der Waals surface area contributed by atoms with Crippen LogP contribution in [-0.2, 0) is 6.42 Å². The molecule has 4 heteroatoms. The van der Waals surface area contributed by atoms with E-state index in [2.05, 4.69) is 0 Å². The molecule has 0 N–H and O–H groups in total. The Balaban J connectivity index is 2.29. The lowest BCUT2D eigenvalue weighted by Crippen LogP contribution is -1.96. The average Bonchev–Trinajstić information content (AvgIpc) is 2.43.